The fourth-order valence-electron chi connectivity index (χ4n) is 2.79. The number of hydrogen-bond donors (Lipinski definition) is 2. The Morgan fingerprint density at radius 3 is 3.08 bits per heavy atom. The Morgan fingerprint density at radius 2 is 2.36 bits per heavy atom. The molecule has 0 bridgehead atoms. The maximum atomic E-state index is 13.9. The van der Waals surface area contributed by atoms with Gasteiger partial charge in [-0.25, -0.2) is 14.4 Å². The van der Waals surface area contributed by atoms with Crippen molar-refractivity contribution in [3.63, 3.8) is 0 Å². The lowest BCUT2D eigenvalue weighted by Gasteiger charge is -2.19. The highest BCUT2D eigenvalue weighted by Gasteiger charge is 2.25. The molecule has 1 atom stereocenters. The summed E-state index contributed by atoms with van der Waals surface area (Å²) in [6, 6.07) is 7.39. The number of pyridine rings is 1. The summed E-state index contributed by atoms with van der Waals surface area (Å²) in [5.74, 6) is 0.949. The second-order valence-electron chi connectivity index (χ2n) is 5.79. The minimum atomic E-state index is -0.271. The van der Waals surface area contributed by atoms with Crippen molar-refractivity contribution in [3.8, 4) is 0 Å². The molecule has 0 aromatic carbocycles. The molecule has 1 aliphatic rings. The van der Waals surface area contributed by atoms with E-state index in [1.807, 2.05) is 17.9 Å². The number of aromatic nitrogens is 1. The highest BCUT2D eigenvalue weighted by Crippen LogP contribution is 2.23. The second-order valence-corrected chi connectivity index (χ2v) is 8.33. The van der Waals surface area contributed by atoms with Crippen LogP contribution in [0.2, 0.25) is 0 Å². The van der Waals surface area contributed by atoms with Crippen LogP contribution in [0.5, 0.6) is 0 Å². The summed E-state index contributed by atoms with van der Waals surface area (Å²) in [7, 11) is 0. The molecule has 134 valence electrons. The molecule has 1 unspecified atom stereocenters. The van der Waals surface area contributed by atoms with Gasteiger partial charge in [-0.1, -0.05) is 0 Å². The average Bonchev–Trinajstić information content (AvgIpc) is 3.22. The van der Waals surface area contributed by atoms with E-state index in [1.165, 1.54) is 10.9 Å². The number of nitrogens with zero attached hydrogens (tertiary/aromatic N) is 3. The van der Waals surface area contributed by atoms with Gasteiger partial charge in [-0.15, -0.1) is 11.3 Å². The van der Waals surface area contributed by atoms with Gasteiger partial charge in [0.15, 0.2) is 17.6 Å². The van der Waals surface area contributed by atoms with E-state index in [9.17, 15) is 4.39 Å². The van der Waals surface area contributed by atoms with Crippen LogP contribution in [-0.4, -0.2) is 36.6 Å². The van der Waals surface area contributed by atoms with Gasteiger partial charge in [-0.2, -0.15) is 0 Å². The van der Waals surface area contributed by atoms with Crippen LogP contribution in [0, 0.1) is 5.82 Å². The monoisotopic (exact) mass is 425 g/mol. The molecule has 3 rings (SSSR count). The number of hydrogen-bond acceptors (Lipinski definition) is 4. The Labute approximate surface area is 159 Å². The maximum absolute atomic E-state index is 13.9. The van der Waals surface area contributed by atoms with Gasteiger partial charge < -0.3 is 15.5 Å². The highest BCUT2D eigenvalue weighted by atomic mass is 79.9. The Bertz CT molecular complexity index is 735. The van der Waals surface area contributed by atoms with Gasteiger partial charge in [0.2, 0.25) is 0 Å². The van der Waals surface area contributed by atoms with Gasteiger partial charge in [0, 0.05) is 36.8 Å². The second kappa shape index (κ2) is 8.62. The predicted molar refractivity (Wildman–Crippen MR) is 105 cm³/mol. The molecule has 5 nitrogen and oxygen atoms in total. The van der Waals surface area contributed by atoms with Crippen molar-refractivity contribution in [1.29, 1.82) is 0 Å². The predicted octanol–water partition coefficient (Wildman–Crippen LogP) is 3.38. The van der Waals surface area contributed by atoms with Gasteiger partial charge in [0.05, 0.1) is 10.3 Å². The lowest BCUT2D eigenvalue weighted by molar-refractivity contribution is 0.612. The molecule has 2 aromatic rings. The summed E-state index contributed by atoms with van der Waals surface area (Å²) in [6.07, 6.45) is 2.55. The molecule has 0 radical (unpaired) electrons. The zero-order valence-corrected chi connectivity index (χ0v) is 16.4. The van der Waals surface area contributed by atoms with Gasteiger partial charge >= 0.3 is 0 Å². The first-order chi connectivity index (χ1) is 12.2. The number of nitrogens with one attached hydrogen (secondary N) is 2. The van der Waals surface area contributed by atoms with Crippen molar-refractivity contribution in [2.45, 2.75) is 25.9 Å². The lowest BCUT2D eigenvalue weighted by Crippen LogP contribution is -2.44. The molecule has 1 aliphatic heterocycles. The topological polar surface area (TPSA) is 52.6 Å². The largest absolute Gasteiger partial charge is 0.357 e. The Morgan fingerprint density at radius 1 is 1.48 bits per heavy atom. The molecule has 2 aromatic heterocycles. The van der Waals surface area contributed by atoms with Crippen molar-refractivity contribution in [2.24, 2.45) is 4.99 Å². The van der Waals surface area contributed by atoms with Crippen molar-refractivity contribution >= 4 is 39.0 Å². The number of thiophene rings is 1. The van der Waals surface area contributed by atoms with Crippen LogP contribution < -0.4 is 15.5 Å². The van der Waals surface area contributed by atoms with E-state index in [0.717, 1.165) is 29.3 Å². The number of anilines is 1. The lowest BCUT2D eigenvalue weighted by atomic mass is 10.3. The standard InChI is InChI=1S/C17H21BrFN5S/c1-2-20-17(22-10-13-5-6-15(18)25-13)23-12-7-9-24(11-12)16-14(19)4-3-8-21-16/h3-6,8,12H,2,7,9-11H2,1H3,(H2,20,22,23). The Kier molecular flexibility index (Phi) is 6.25. The SMILES string of the molecule is CCNC(=NCc1ccc(Br)s1)NC1CCN(c2ncccc2F)C1. The van der Waals surface area contributed by atoms with Crippen LogP contribution in [0.4, 0.5) is 10.2 Å². The third-order valence-electron chi connectivity index (χ3n) is 3.93. The van der Waals surface area contributed by atoms with E-state index in [-0.39, 0.29) is 11.9 Å². The third kappa shape index (κ3) is 4.92. The number of rotatable bonds is 5. The van der Waals surface area contributed by atoms with Gasteiger partial charge in [0.25, 0.3) is 0 Å². The quantitative estimate of drug-likeness (QED) is 0.569. The first-order valence-corrected chi connectivity index (χ1v) is 9.91. The molecule has 25 heavy (non-hydrogen) atoms. The summed E-state index contributed by atoms with van der Waals surface area (Å²) in [6.45, 7) is 4.97. The van der Waals surface area contributed by atoms with E-state index < -0.39 is 0 Å². The molecule has 0 aliphatic carbocycles. The highest BCUT2D eigenvalue weighted by molar-refractivity contribution is 9.11. The number of halogens is 2. The molecule has 0 spiro atoms. The van der Waals surface area contributed by atoms with Crippen LogP contribution in [0.25, 0.3) is 0 Å². The summed E-state index contributed by atoms with van der Waals surface area (Å²) in [5, 5.41) is 6.73. The molecule has 3 heterocycles. The molecule has 1 fully saturated rings. The van der Waals surface area contributed by atoms with Crippen LogP contribution in [0.15, 0.2) is 39.2 Å². The van der Waals surface area contributed by atoms with Crippen molar-refractivity contribution in [1.82, 2.24) is 15.6 Å². The van der Waals surface area contributed by atoms with E-state index in [1.54, 1.807) is 23.6 Å². The molecule has 0 amide bonds. The Balaban J connectivity index is 1.60. The van der Waals surface area contributed by atoms with Crippen LogP contribution in [-0.2, 0) is 6.54 Å². The molecule has 1 saturated heterocycles. The fourth-order valence-corrected chi connectivity index (χ4v) is 4.20. The molecule has 8 heteroatoms. The normalized spacial score (nSPS) is 17.8. The molecule has 2 N–H and O–H groups in total. The van der Waals surface area contributed by atoms with E-state index in [0.29, 0.717) is 18.9 Å². The van der Waals surface area contributed by atoms with Crippen molar-refractivity contribution < 1.29 is 4.39 Å². The third-order valence-corrected chi connectivity index (χ3v) is 5.54. The van der Waals surface area contributed by atoms with E-state index >= 15 is 0 Å². The summed E-state index contributed by atoms with van der Waals surface area (Å²) in [5.41, 5.74) is 0. The number of guanidine groups is 1. The van der Waals surface area contributed by atoms with Crippen molar-refractivity contribution in [2.75, 3.05) is 24.5 Å². The molecule has 0 saturated carbocycles. The first-order valence-electron chi connectivity index (χ1n) is 8.30. The smallest absolute Gasteiger partial charge is 0.191 e. The van der Waals surface area contributed by atoms with Crippen LogP contribution in [0.1, 0.15) is 18.2 Å². The van der Waals surface area contributed by atoms with E-state index in [4.69, 9.17) is 0 Å². The maximum Gasteiger partial charge on any atom is 0.191 e. The van der Waals surface area contributed by atoms with Crippen LogP contribution in [0.3, 0.4) is 0 Å². The number of aliphatic imine (C=N–C) groups is 1. The van der Waals surface area contributed by atoms with Crippen molar-refractivity contribution in [3.05, 3.63) is 44.9 Å². The van der Waals surface area contributed by atoms with Gasteiger partial charge in [-0.05, 0) is 53.5 Å². The first kappa shape index (κ1) is 18.1. The van der Waals surface area contributed by atoms with E-state index in [2.05, 4.69) is 42.6 Å². The zero-order valence-electron chi connectivity index (χ0n) is 14.0. The Hall–Kier alpha value is -1.67. The summed E-state index contributed by atoms with van der Waals surface area (Å²) in [4.78, 5) is 12.0. The van der Waals surface area contributed by atoms with Crippen LogP contribution >= 0.6 is 27.3 Å². The minimum absolute atomic E-state index is 0.217. The molecular weight excluding hydrogens is 405 g/mol. The zero-order chi connectivity index (χ0) is 17.6. The fraction of sp³-hybridized carbons (Fsp3) is 0.412. The van der Waals surface area contributed by atoms with Gasteiger partial charge in [0.1, 0.15) is 0 Å². The summed E-state index contributed by atoms with van der Waals surface area (Å²) < 4.78 is 15.0. The molecular formula is C17H21BrFN5S. The summed E-state index contributed by atoms with van der Waals surface area (Å²) >= 11 is 5.16. The average molecular weight is 426 g/mol. The van der Waals surface area contributed by atoms with Gasteiger partial charge in [-0.3, -0.25) is 0 Å². The minimum Gasteiger partial charge on any atom is -0.357 e.